The van der Waals surface area contributed by atoms with Crippen LogP contribution in [0.15, 0.2) is 60.7 Å². The van der Waals surface area contributed by atoms with Crippen LogP contribution in [-0.2, 0) is 6.42 Å². The zero-order valence-corrected chi connectivity index (χ0v) is 11.3. The molecule has 0 spiro atoms. The normalized spacial score (nSPS) is 10.7. The number of aromatic hydroxyl groups is 1. The predicted molar refractivity (Wildman–Crippen MR) is 81.4 cm³/mol. The Balaban J connectivity index is 2.15. The van der Waals surface area contributed by atoms with E-state index in [0.717, 1.165) is 22.8 Å². The van der Waals surface area contributed by atoms with Crippen LogP contribution in [0.1, 0.15) is 11.1 Å². The maximum absolute atomic E-state index is 10.4. The molecule has 0 radical (unpaired) electrons. The van der Waals surface area contributed by atoms with Gasteiger partial charge in [-0.2, -0.15) is 0 Å². The number of hydrogen-bond acceptors (Lipinski definition) is 2. The predicted octanol–water partition coefficient (Wildman–Crippen LogP) is 4.14. The Labute approximate surface area is 118 Å². The fourth-order valence-electron chi connectivity index (χ4n) is 2.54. The lowest BCUT2D eigenvalue weighted by Crippen LogP contribution is -1.92. The average Bonchev–Trinajstić information content (AvgIpc) is 2.49. The molecule has 0 aliphatic carbocycles. The van der Waals surface area contributed by atoms with Crippen LogP contribution in [0.4, 0.5) is 0 Å². The Morgan fingerprint density at radius 1 is 0.900 bits per heavy atom. The number of phenols is 1. The molecule has 0 aliphatic rings. The lowest BCUT2D eigenvalue weighted by molar-refractivity contribution is 0.376. The highest BCUT2D eigenvalue weighted by atomic mass is 16.5. The fourth-order valence-corrected chi connectivity index (χ4v) is 2.54. The lowest BCUT2D eigenvalue weighted by Gasteiger charge is -2.11. The zero-order valence-electron chi connectivity index (χ0n) is 11.3. The lowest BCUT2D eigenvalue weighted by atomic mass is 9.97. The number of fused-ring (bicyclic) bond motifs is 1. The van der Waals surface area contributed by atoms with Gasteiger partial charge < -0.3 is 9.84 Å². The van der Waals surface area contributed by atoms with Gasteiger partial charge in [0.1, 0.15) is 0 Å². The van der Waals surface area contributed by atoms with E-state index in [1.807, 2.05) is 36.4 Å². The molecule has 0 saturated heterocycles. The van der Waals surface area contributed by atoms with Crippen LogP contribution in [0.25, 0.3) is 10.8 Å². The molecule has 0 atom stereocenters. The third-order valence-electron chi connectivity index (χ3n) is 3.52. The van der Waals surface area contributed by atoms with Crippen LogP contribution in [-0.4, -0.2) is 12.2 Å². The number of methoxy groups -OCH3 is 1. The standard InChI is InChI=1S/C18H16O2/c1-20-16-11-10-14-8-5-9-15(17(14)18(16)19)12-13-6-3-2-4-7-13/h2-11,19H,12H2,1H3. The minimum Gasteiger partial charge on any atom is -0.504 e. The molecule has 0 heterocycles. The number of benzene rings is 3. The van der Waals surface area contributed by atoms with Gasteiger partial charge in [-0.1, -0.05) is 54.6 Å². The molecule has 0 fully saturated rings. The third-order valence-corrected chi connectivity index (χ3v) is 3.52. The molecule has 0 amide bonds. The van der Waals surface area contributed by atoms with E-state index >= 15 is 0 Å². The van der Waals surface area contributed by atoms with E-state index in [2.05, 4.69) is 18.2 Å². The molecule has 1 N–H and O–H groups in total. The summed E-state index contributed by atoms with van der Waals surface area (Å²) in [6.45, 7) is 0. The molecule has 100 valence electrons. The van der Waals surface area contributed by atoms with Crippen LogP contribution in [0, 0.1) is 0 Å². The van der Waals surface area contributed by atoms with Crippen molar-refractivity contribution >= 4 is 10.8 Å². The molecular formula is C18H16O2. The summed E-state index contributed by atoms with van der Waals surface area (Å²) in [5.74, 6) is 0.731. The second kappa shape index (κ2) is 5.25. The Kier molecular flexibility index (Phi) is 3.30. The van der Waals surface area contributed by atoms with Gasteiger partial charge in [0.25, 0.3) is 0 Å². The van der Waals surface area contributed by atoms with Gasteiger partial charge >= 0.3 is 0 Å². The molecule has 0 unspecified atom stereocenters. The number of rotatable bonds is 3. The molecule has 2 nitrogen and oxygen atoms in total. The first-order chi connectivity index (χ1) is 9.79. The van der Waals surface area contributed by atoms with Gasteiger partial charge in [-0.15, -0.1) is 0 Å². The summed E-state index contributed by atoms with van der Waals surface area (Å²) >= 11 is 0. The Hall–Kier alpha value is -2.48. The van der Waals surface area contributed by atoms with Crippen molar-refractivity contribution in [2.75, 3.05) is 7.11 Å². The summed E-state index contributed by atoms with van der Waals surface area (Å²) in [5, 5.41) is 12.3. The third kappa shape index (κ3) is 2.21. The van der Waals surface area contributed by atoms with Gasteiger partial charge in [0.2, 0.25) is 0 Å². The van der Waals surface area contributed by atoms with Crippen molar-refractivity contribution in [2.45, 2.75) is 6.42 Å². The van der Waals surface area contributed by atoms with E-state index in [9.17, 15) is 5.11 Å². The highest BCUT2D eigenvalue weighted by Crippen LogP contribution is 2.37. The highest BCUT2D eigenvalue weighted by Gasteiger charge is 2.11. The molecule has 20 heavy (non-hydrogen) atoms. The number of hydrogen-bond donors (Lipinski definition) is 1. The maximum Gasteiger partial charge on any atom is 0.165 e. The maximum atomic E-state index is 10.4. The Morgan fingerprint density at radius 3 is 2.45 bits per heavy atom. The highest BCUT2D eigenvalue weighted by molar-refractivity contribution is 5.93. The van der Waals surface area contributed by atoms with Crippen molar-refractivity contribution < 1.29 is 9.84 Å². The van der Waals surface area contributed by atoms with Crippen molar-refractivity contribution in [1.82, 2.24) is 0 Å². The van der Waals surface area contributed by atoms with Crippen LogP contribution >= 0.6 is 0 Å². The van der Waals surface area contributed by atoms with E-state index in [1.54, 1.807) is 13.2 Å². The number of ether oxygens (including phenoxy) is 1. The molecule has 0 saturated carbocycles. The van der Waals surface area contributed by atoms with Crippen LogP contribution in [0.2, 0.25) is 0 Å². The molecule has 3 aromatic carbocycles. The van der Waals surface area contributed by atoms with Gasteiger partial charge in [0.05, 0.1) is 7.11 Å². The van der Waals surface area contributed by atoms with E-state index < -0.39 is 0 Å². The molecule has 3 rings (SSSR count). The fraction of sp³-hybridized carbons (Fsp3) is 0.111. The summed E-state index contributed by atoms with van der Waals surface area (Å²) < 4.78 is 5.21. The van der Waals surface area contributed by atoms with Crippen molar-refractivity contribution in [3.8, 4) is 11.5 Å². The van der Waals surface area contributed by atoms with E-state index in [4.69, 9.17) is 4.74 Å². The topological polar surface area (TPSA) is 29.5 Å². The van der Waals surface area contributed by atoms with E-state index in [-0.39, 0.29) is 5.75 Å². The number of phenolic OH excluding ortho intramolecular Hbond substituents is 1. The molecule has 0 aromatic heterocycles. The average molecular weight is 264 g/mol. The molecule has 2 heteroatoms. The molecule has 0 aliphatic heterocycles. The second-order valence-electron chi connectivity index (χ2n) is 4.79. The summed E-state index contributed by atoms with van der Waals surface area (Å²) in [6, 6.07) is 20.1. The van der Waals surface area contributed by atoms with E-state index in [1.165, 1.54) is 5.56 Å². The van der Waals surface area contributed by atoms with Crippen LogP contribution in [0.5, 0.6) is 11.5 Å². The van der Waals surface area contributed by atoms with Crippen LogP contribution < -0.4 is 4.74 Å². The molecule has 0 bridgehead atoms. The van der Waals surface area contributed by atoms with Gasteiger partial charge in [-0.05, 0) is 29.0 Å². The minimum atomic E-state index is 0.219. The summed E-state index contributed by atoms with van der Waals surface area (Å²) in [4.78, 5) is 0. The Bertz CT molecular complexity index is 733. The molecule has 3 aromatic rings. The summed E-state index contributed by atoms with van der Waals surface area (Å²) in [6.07, 6.45) is 0.791. The zero-order chi connectivity index (χ0) is 13.9. The van der Waals surface area contributed by atoms with Gasteiger partial charge in [-0.3, -0.25) is 0 Å². The SMILES string of the molecule is COc1ccc2cccc(Cc3ccccc3)c2c1O. The van der Waals surface area contributed by atoms with Gasteiger partial charge in [0, 0.05) is 5.39 Å². The first kappa shape index (κ1) is 12.5. The Morgan fingerprint density at radius 2 is 1.70 bits per heavy atom. The summed E-state index contributed by atoms with van der Waals surface area (Å²) in [7, 11) is 1.57. The first-order valence-electron chi connectivity index (χ1n) is 6.61. The molecular weight excluding hydrogens is 248 g/mol. The van der Waals surface area contributed by atoms with Crippen molar-refractivity contribution in [3.63, 3.8) is 0 Å². The minimum absolute atomic E-state index is 0.219. The van der Waals surface area contributed by atoms with Crippen molar-refractivity contribution in [2.24, 2.45) is 0 Å². The van der Waals surface area contributed by atoms with Crippen molar-refractivity contribution in [3.05, 3.63) is 71.8 Å². The van der Waals surface area contributed by atoms with Gasteiger partial charge in [-0.25, -0.2) is 0 Å². The first-order valence-corrected chi connectivity index (χ1v) is 6.61. The van der Waals surface area contributed by atoms with Crippen LogP contribution in [0.3, 0.4) is 0 Å². The quantitative estimate of drug-likeness (QED) is 0.770. The van der Waals surface area contributed by atoms with E-state index in [0.29, 0.717) is 5.75 Å². The summed E-state index contributed by atoms with van der Waals surface area (Å²) in [5.41, 5.74) is 2.33. The van der Waals surface area contributed by atoms with Crippen molar-refractivity contribution in [1.29, 1.82) is 0 Å². The smallest absolute Gasteiger partial charge is 0.165 e. The largest absolute Gasteiger partial charge is 0.504 e. The van der Waals surface area contributed by atoms with Gasteiger partial charge in [0.15, 0.2) is 11.5 Å². The monoisotopic (exact) mass is 264 g/mol. The second-order valence-corrected chi connectivity index (χ2v) is 4.79.